The van der Waals surface area contributed by atoms with Crippen molar-refractivity contribution in [1.29, 1.82) is 0 Å². The van der Waals surface area contributed by atoms with Crippen LogP contribution in [0.2, 0.25) is 0 Å². The summed E-state index contributed by atoms with van der Waals surface area (Å²) >= 11 is 1.27. The van der Waals surface area contributed by atoms with E-state index in [1.807, 2.05) is 44.1 Å². The first-order valence-corrected chi connectivity index (χ1v) is 11.6. The second kappa shape index (κ2) is 8.77. The van der Waals surface area contributed by atoms with E-state index in [-0.39, 0.29) is 24.4 Å². The Bertz CT molecular complexity index is 890. The molecule has 0 spiro atoms. The fourth-order valence-electron chi connectivity index (χ4n) is 3.41. The molecule has 9 heteroatoms. The number of hydrogen-bond acceptors (Lipinski definition) is 6. The van der Waals surface area contributed by atoms with Crippen molar-refractivity contribution in [2.24, 2.45) is 5.92 Å². The van der Waals surface area contributed by atoms with Crippen LogP contribution < -0.4 is 5.32 Å². The van der Waals surface area contributed by atoms with Crippen molar-refractivity contribution in [1.82, 2.24) is 14.5 Å². The number of furan rings is 1. The van der Waals surface area contributed by atoms with Gasteiger partial charge in [0.2, 0.25) is 5.91 Å². The first kappa shape index (κ1) is 21.0. The minimum atomic E-state index is -3.54. The summed E-state index contributed by atoms with van der Waals surface area (Å²) < 4.78 is 33.0. The highest BCUT2D eigenvalue weighted by Crippen LogP contribution is 2.28. The molecule has 2 unspecified atom stereocenters. The second-order valence-electron chi connectivity index (χ2n) is 7.31. The van der Waals surface area contributed by atoms with Crippen molar-refractivity contribution >= 4 is 27.3 Å². The van der Waals surface area contributed by atoms with Gasteiger partial charge >= 0.3 is 0 Å². The molecule has 7 nitrogen and oxygen atoms in total. The molecule has 154 valence electrons. The van der Waals surface area contributed by atoms with Gasteiger partial charge in [-0.1, -0.05) is 0 Å². The molecular formula is C19H27N3O4S2. The zero-order valence-electron chi connectivity index (χ0n) is 16.4. The first-order chi connectivity index (χ1) is 13.3. The van der Waals surface area contributed by atoms with Gasteiger partial charge in [-0.3, -0.25) is 9.69 Å². The summed E-state index contributed by atoms with van der Waals surface area (Å²) in [5.41, 5.74) is 0. The van der Waals surface area contributed by atoms with Gasteiger partial charge in [0.15, 0.2) is 0 Å². The molecule has 2 aromatic rings. The summed E-state index contributed by atoms with van der Waals surface area (Å²) in [6.45, 7) is 2.97. The van der Waals surface area contributed by atoms with Crippen LogP contribution in [0.25, 0.3) is 0 Å². The van der Waals surface area contributed by atoms with Gasteiger partial charge in [0.05, 0.1) is 18.2 Å². The number of rotatable bonds is 7. The van der Waals surface area contributed by atoms with Gasteiger partial charge in [0.1, 0.15) is 9.97 Å². The van der Waals surface area contributed by atoms with Crippen LogP contribution >= 0.6 is 11.3 Å². The zero-order valence-corrected chi connectivity index (χ0v) is 18.1. The summed E-state index contributed by atoms with van der Waals surface area (Å²) in [6, 6.07) is 7.08. The molecule has 1 N–H and O–H groups in total. The van der Waals surface area contributed by atoms with Crippen LogP contribution in [-0.2, 0) is 14.8 Å². The second-order valence-corrected chi connectivity index (χ2v) is 10.8. The summed E-state index contributed by atoms with van der Waals surface area (Å²) in [7, 11) is 0.317. The Balaban J connectivity index is 1.63. The van der Waals surface area contributed by atoms with Crippen molar-refractivity contribution < 1.29 is 17.6 Å². The number of hydrogen-bond donors (Lipinski definition) is 1. The smallest absolute Gasteiger partial charge is 0.252 e. The van der Waals surface area contributed by atoms with Crippen LogP contribution in [0, 0.1) is 12.8 Å². The van der Waals surface area contributed by atoms with E-state index in [2.05, 4.69) is 5.32 Å². The Labute approximate surface area is 170 Å². The van der Waals surface area contributed by atoms with Gasteiger partial charge in [-0.25, -0.2) is 8.42 Å². The molecule has 2 aromatic heterocycles. The first-order valence-electron chi connectivity index (χ1n) is 9.33. The van der Waals surface area contributed by atoms with Crippen molar-refractivity contribution in [3.63, 3.8) is 0 Å². The number of amides is 1. The molecule has 3 heterocycles. The summed E-state index contributed by atoms with van der Waals surface area (Å²) in [6.07, 6.45) is 2.98. The maximum absolute atomic E-state index is 12.9. The third-order valence-corrected chi connectivity index (χ3v) is 8.36. The summed E-state index contributed by atoms with van der Waals surface area (Å²) in [4.78, 5) is 15.7. The molecule has 28 heavy (non-hydrogen) atoms. The highest BCUT2D eigenvalue weighted by atomic mass is 32.2. The van der Waals surface area contributed by atoms with Gasteiger partial charge in [-0.15, -0.1) is 11.3 Å². The molecule has 1 saturated heterocycles. The van der Waals surface area contributed by atoms with Crippen LogP contribution in [0.15, 0.2) is 39.2 Å². The van der Waals surface area contributed by atoms with E-state index in [0.717, 1.165) is 10.6 Å². The molecule has 3 rings (SSSR count). The summed E-state index contributed by atoms with van der Waals surface area (Å²) in [5.74, 6) is 0.330. The standard InChI is InChI=1S/C19H27N3O4S2/c1-14-8-9-18(27-14)28(24,25)22-10-4-6-15(13-22)19(23)20-12-16(21(2)3)17-7-5-11-26-17/h5,7-9,11,15-16H,4,6,10,12-13H2,1-3H3,(H,20,23). The van der Waals surface area contributed by atoms with Crippen LogP contribution in [0.5, 0.6) is 0 Å². The number of piperidine rings is 1. The van der Waals surface area contributed by atoms with Crippen LogP contribution in [-0.4, -0.2) is 57.3 Å². The van der Waals surface area contributed by atoms with E-state index in [9.17, 15) is 13.2 Å². The van der Waals surface area contributed by atoms with E-state index in [1.165, 1.54) is 15.6 Å². The monoisotopic (exact) mass is 425 g/mol. The predicted molar refractivity (Wildman–Crippen MR) is 109 cm³/mol. The average molecular weight is 426 g/mol. The lowest BCUT2D eigenvalue weighted by Crippen LogP contribution is -2.46. The molecule has 1 aliphatic heterocycles. The van der Waals surface area contributed by atoms with E-state index in [0.29, 0.717) is 30.1 Å². The highest BCUT2D eigenvalue weighted by molar-refractivity contribution is 7.91. The fourth-order valence-corrected chi connectivity index (χ4v) is 6.37. The number of carbonyl (C=O) groups is 1. The SMILES string of the molecule is Cc1ccc(S(=O)(=O)N2CCCC(C(=O)NCC(c3ccco3)N(C)C)C2)s1. The summed E-state index contributed by atoms with van der Waals surface area (Å²) in [5, 5.41) is 2.98. The number of sulfonamides is 1. The van der Waals surface area contributed by atoms with Crippen molar-refractivity contribution in [2.45, 2.75) is 30.0 Å². The number of aryl methyl sites for hydroxylation is 1. The van der Waals surface area contributed by atoms with Crippen molar-refractivity contribution in [3.8, 4) is 0 Å². The molecule has 1 fully saturated rings. The Morgan fingerprint density at radius 3 is 2.79 bits per heavy atom. The minimum absolute atomic E-state index is 0.0727. The van der Waals surface area contributed by atoms with Crippen LogP contribution in [0.4, 0.5) is 0 Å². The minimum Gasteiger partial charge on any atom is -0.468 e. The highest BCUT2D eigenvalue weighted by Gasteiger charge is 2.34. The average Bonchev–Trinajstić information content (AvgIpc) is 3.34. The lowest BCUT2D eigenvalue weighted by atomic mass is 9.98. The van der Waals surface area contributed by atoms with Crippen molar-refractivity contribution in [3.05, 3.63) is 41.2 Å². The fraction of sp³-hybridized carbons (Fsp3) is 0.526. The number of nitrogens with one attached hydrogen (secondary N) is 1. The number of carbonyl (C=O) groups excluding carboxylic acids is 1. The number of nitrogens with zero attached hydrogens (tertiary/aromatic N) is 2. The maximum atomic E-state index is 12.9. The van der Waals surface area contributed by atoms with E-state index in [1.54, 1.807) is 12.3 Å². The molecule has 0 radical (unpaired) electrons. The normalized spacial score (nSPS) is 19.6. The van der Waals surface area contributed by atoms with E-state index < -0.39 is 10.0 Å². The third kappa shape index (κ3) is 4.65. The quantitative estimate of drug-likeness (QED) is 0.737. The molecule has 1 amide bonds. The largest absolute Gasteiger partial charge is 0.468 e. The molecular weight excluding hydrogens is 398 g/mol. The Kier molecular flexibility index (Phi) is 6.59. The van der Waals surface area contributed by atoms with Crippen LogP contribution in [0.3, 0.4) is 0 Å². The zero-order chi connectivity index (χ0) is 20.3. The Hall–Kier alpha value is -1.68. The van der Waals surface area contributed by atoms with E-state index in [4.69, 9.17) is 4.42 Å². The van der Waals surface area contributed by atoms with Gasteiger partial charge < -0.3 is 9.73 Å². The molecule has 0 aromatic carbocycles. The lowest BCUT2D eigenvalue weighted by Gasteiger charge is -2.31. The van der Waals surface area contributed by atoms with E-state index >= 15 is 0 Å². The maximum Gasteiger partial charge on any atom is 0.252 e. The molecule has 2 atom stereocenters. The number of thiophene rings is 1. The Morgan fingerprint density at radius 2 is 2.18 bits per heavy atom. The predicted octanol–water partition coefficient (Wildman–Crippen LogP) is 2.47. The molecule has 0 bridgehead atoms. The topological polar surface area (TPSA) is 82.9 Å². The van der Waals surface area contributed by atoms with Crippen molar-refractivity contribution in [2.75, 3.05) is 33.7 Å². The lowest BCUT2D eigenvalue weighted by molar-refractivity contribution is -0.126. The van der Waals surface area contributed by atoms with Gasteiger partial charge in [-0.2, -0.15) is 4.31 Å². The van der Waals surface area contributed by atoms with Gasteiger partial charge in [0.25, 0.3) is 10.0 Å². The molecule has 1 aliphatic rings. The molecule has 0 aliphatic carbocycles. The number of likely N-dealkylation sites (N-methyl/N-ethyl adjacent to an activating group) is 1. The molecule has 0 saturated carbocycles. The third-order valence-electron chi connectivity index (χ3n) is 5.03. The Morgan fingerprint density at radius 1 is 1.39 bits per heavy atom. The van der Waals surface area contributed by atoms with Crippen LogP contribution in [0.1, 0.15) is 29.5 Å². The van der Waals surface area contributed by atoms with Gasteiger partial charge in [0, 0.05) is 24.5 Å². The van der Waals surface area contributed by atoms with Gasteiger partial charge in [-0.05, 0) is 58.1 Å².